The first kappa shape index (κ1) is 15.0. The van der Waals surface area contributed by atoms with Crippen LogP contribution in [0.3, 0.4) is 0 Å². The van der Waals surface area contributed by atoms with E-state index in [0.717, 1.165) is 50.6 Å². The minimum Gasteiger partial charge on any atom is -0.378 e. The van der Waals surface area contributed by atoms with E-state index >= 15 is 0 Å². The van der Waals surface area contributed by atoms with Crippen molar-refractivity contribution in [2.24, 2.45) is 0 Å². The summed E-state index contributed by atoms with van der Waals surface area (Å²) in [7, 11) is 0. The second-order valence-electron chi connectivity index (χ2n) is 6.35. The predicted molar refractivity (Wildman–Crippen MR) is 80.3 cm³/mol. The minimum atomic E-state index is 0.286. The molecule has 2 heterocycles. The Morgan fingerprint density at radius 1 is 1.14 bits per heavy atom. The number of nitrogens with one attached hydrogen (secondary N) is 1. The molecule has 2 aliphatic rings. The van der Waals surface area contributed by atoms with Crippen molar-refractivity contribution in [2.75, 3.05) is 13.2 Å². The van der Waals surface area contributed by atoms with Gasteiger partial charge in [0, 0.05) is 25.0 Å². The van der Waals surface area contributed by atoms with Gasteiger partial charge in [-0.15, -0.1) is 0 Å². The zero-order valence-corrected chi connectivity index (χ0v) is 13.0. The van der Waals surface area contributed by atoms with E-state index < -0.39 is 0 Å². The van der Waals surface area contributed by atoms with E-state index in [0.29, 0.717) is 12.0 Å². The molecule has 1 aromatic rings. The summed E-state index contributed by atoms with van der Waals surface area (Å²) < 4.78 is 11.3. The quantitative estimate of drug-likeness (QED) is 0.904. The first-order valence-electron chi connectivity index (χ1n) is 8.52. The zero-order chi connectivity index (χ0) is 14.5. The van der Waals surface area contributed by atoms with Crippen LogP contribution in [-0.4, -0.2) is 35.4 Å². The van der Waals surface area contributed by atoms with Crippen molar-refractivity contribution in [2.45, 2.75) is 76.4 Å². The van der Waals surface area contributed by atoms with Crippen molar-refractivity contribution in [1.29, 1.82) is 0 Å². The van der Waals surface area contributed by atoms with Crippen molar-refractivity contribution in [1.82, 2.24) is 15.5 Å². The highest BCUT2D eigenvalue weighted by molar-refractivity contribution is 4.98. The highest BCUT2D eigenvalue weighted by atomic mass is 16.5. The van der Waals surface area contributed by atoms with Crippen molar-refractivity contribution < 1.29 is 9.26 Å². The Bertz CT molecular complexity index is 421. The molecule has 1 atom stereocenters. The summed E-state index contributed by atoms with van der Waals surface area (Å²) in [4.78, 5) is 4.62. The molecule has 0 spiro atoms. The Balaban J connectivity index is 1.50. The number of hydrogen-bond acceptors (Lipinski definition) is 5. The largest absolute Gasteiger partial charge is 0.378 e. The fourth-order valence-corrected chi connectivity index (χ4v) is 3.52. The molecule has 5 heteroatoms. The summed E-state index contributed by atoms with van der Waals surface area (Å²) in [5, 5.41) is 7.69. The van der Waals surface area contributed by atoms with Gasteiger partial charge in [0.1, 0.15) is 0 Å². The first-order chi connectivity index (χ1) is 10.3. The van der Waals surface area contributed by atoms with Gasteiger partial charge < -0.3 is 14.6 Å². The maximum Gasteiger partial charge on any atom is 0.229 e. The summed E-state index contributed by atoms with van der Waals surface area (Å²) in [6.07, 6.45) is 9.37. The van der Waals surface area contributed by atoms with Crippen LogP contribution < -0.4 is 5.32 Å². The van der Waals surface area contributed by atoms with Gasteiger partial charge in [-0.2, -0.15) is 4.98 Å². The summed E-state index contributed by atoms with van der Waals surface area (Å²) in [5.41, 5.74) is 0. The highest BCUT2D eigenvalue weighted by Gasteiger charge is 2.26. The Hall–Kier alpha value is -0.940. The third-order valence-electron chi connectivity index (χ3n) is 4.74. The summed E-state index contributed by atoms with van der Waals surface area (Å²) >= 11 is 0. The molecule has 0 radical (unpaired) electrons. The molecule has 2 fully saturated rings. The predicted octanol–water partition coefficient (Wildman–Crippen LogP) is 2.82. The monoisotopic (exact) mass is 293 g/mol. The lowest BCUT2D eigenvalue weighted by Gasteiger charge is -2.26. The molecule has 1 aliphatic heterocycles. The number of ether oxygens (including phenoxy) is 1. The summed E-state index contributed by atoms with van der Waals surface area (Å²) in [6.45, 7) is 4.11. The molecule has 118 valence electrons. The highest BCUT2D eigenvalue weighted by Crippen LogP contribution is 2.32. The normalized spacial score (nSPS) is 30.4. The maximum atomic E-state index is 5.75. The fourth-order valence-electron chi connectivity index (χ4n) is 3.52. The van der Waals surface area contributed by atoms with E-state index in [9.17, 15) is 0 Å². The summed E-state index contributed by atoms with van der Waals surface area (Å²) in [6, 6.07) is 0.671. The fraction of sp³-hybridized carbons (Fsp3) is 0.875. The third kappa shape index (κ3) is 4.04. The first-order valence-corrected chi connectivity index (χ1v) is 8.52. The molecule has 0 amide bonds. The molecule has 21 heavy (non-hydrogen) atoms. The van der Waals surface area contributed by atoms with Crippen LogP contribution in [0.5, 0.6) is 0 Å². The van der Waals surface area contributed by atoms with Crippen molar-refractivity contribution in [3.63, 3.8) is 0 Å². The van der Waals surface area contributed by atoms with Gasteiger partial charge in [0.05, 0.1) is 6.10 Å². The van der Waals surface area contributed by atoms with Crippen LogP contribution in [0.1, 0.15) is 69.5 Å². The average Bonchev–Trinajstić information content (AvgIpc) is 2.98. The Kier molecular flexibility index (Phi) is 5.25. The third-order valence-corrected chi connectivity index (χ3v) is 4.74. The van der Waals surface area contributed by atoms with Crippen molar-refractivity contribution in [3.05, 3.63) is 11.7 Å². The average molecular weight is 293 g/mol. The molecule has 0 bridgehead atoms. The van der Waals surface area contributed by atoms with E-state index in [4.69, 9.17) is 9.26 Å². The van der Waals surface area contributed by atoms with Crippen molar-refractivity contribution in [3.8, 4) is 0 Å². The van der Waals surface area contributed by atoms with Crippen LogP contribution in [0, 0.1) is 0 Å². The Morgan fingerprint density at radius 2 is 2.00 bits per heavy atom. The number of rotatable bonds is 5. The van der Waals surface area contributed by atoms with Crippen molar-refractivity contribution >= 4 is 0 Å². The van der Waals surface area contributed by atoms with Gasteiger partial charge in [0.25, 0.3) is 0 Å². The SMILES string of the molecule is CCNC1CCC(c2nc(CC3CCCCO3)no2)CC1. The van der Waals surface area contributed by atoms with Gasteiger partial charge in [0.15, 0.2) is 5.82 Å². The van der Waals surface area contributed by atoms with E-state index in [-0.39, 0.29) is 6.10 Å². The number of aromatic nitrogens is 2. The lowest BCUT2D eigenvalue weighted by molar-refractivity contribution is 0.0153. The molecule has 1 N–H and O–H groups in total. The molecular formula is C16H27N3O2. The molecule has 0 aromatic carbocycles. The Labute approximate surface area is 126 Å². The number of nitrogens with zero attached hydrogens (tertiary/aromatic N) is 2. The van der Waals surface area contributed by atoms with E-state index in [1.807, 2.05) is 0 Å². The maximum absolute atomic E-state index is 5.75. The topological polar surface area (TPSA) is 60.2 Å². The molecule has 1 saturated heterocycles. The van der Waals surface area contributed by atoms with E-state index in [1.165, 1.54) is 25.7 Å². The smallest absolute Gasteiger partial charge is 0.229 e. The second-order valence-corrected chi connectivity index (χ2v) is 6.35. The van der Waals surface area contributed by atoms with Gasteiger partial charge in [-0.25, -0.2) is 0 Å². The second kappa shape index (κ2) is 7.36. The lowest BCUT2D eigenvalue weighted by atomic mass is 9.86. The van der Waals surface area contributed by atoms with Crippen LogP contribution in [0.2, 0.25) is 0 Å². The van der Waals surface area contributed by atoms with Gasteiger partial charge in [-0.1, -0.05) is 12.1 Å². The molecule has 1 unspecified atom stereocenters. The molecule has 1 aliphatic carbocycles. The van der Waals surface area contributed by atoms with E-state index in [1.54, 1.807) is 0 Å². The van der Waals surface area contributed by atoms with Crippen LogP contribution in [0.15, 0.2) is 4.52 Å². The zero-order valence-electron chi connectivity index (χ0n) is 13.0. The molecule has 3 rings (SSSR count). The molecule has 5 nitrogen and oxygen atoms in total. The van der Waals surface area contributed by atoms with Gasteiger partial charge in [-0.3, -0.25) is 0 Å². The van der Waals surface area contributed by atoms with Gasteiger partial charge in [-0.05, 0) is 51.5 Å². The van der Waals surface area contributed by atoms with Gasteiger partial charge in [0.2, 0.25) is 5.89 Å². The van der Waals surface area contributed by atoms with E-state index in [2.05, 4.69) is 22.4 Å². The van der Waals surface area contributed by atoms with Crippen LogP contribution >= 0.6 is 0 Å². The van der Waals surface area contributed by atoms with Gasteiger partial charge >= 0.3 is 0 Å². The lowest BCUT2D eigenvalue weighted by Crippen LogP contribution is -2.32. The molecule has 1 aromatic heterocycles. The van der Waals surface area contributed by atoms with Crippen LogP contribution in [0.25, 0.3) is 0 Å². The minimum absolute atomic E-state index is 0.286. The molecule has 1 saturated carbocycles. The molecular weight excluding hydrogens is 266 g/mol. The van der Waals surface area contributed by atoms with Crippen LogP contribution in [0.4, 0.5) is 0 Å². The standard InChI is InChI=1S/C16H27N3O2/c1-2-17-13-8-6-12(7-9-13)16-18-15(19-21-16)11-14-5-3-4-10-20-14/h12-14,17H,2-11H2,1H3. The number of hydrogen-bond donors (Lipinski definition) is 1. The van der Waals surface area contributed by atoms with Crippen LogP contribution in [-0.2, 0) is 11.2 Å². The summed E-state index contributed by atoms with van der Waals surface area (Å²) in [5.74, 6) is 2.12. The Morgan fingerprint density at radius 3 is 2.71 bits per heavy atom.